The molecule has 6 nitrogen and oxygen atoms in total. The van der Waals surface area contributed by atoms with Crippen molar-refractivity contribution in [2.75, 3.05) is 40.4 Å². The zero-order chi connectivity index (χ0) is 15.0. The molecule has 3 rings (SSSR count). The summed E-state index contributed by atoms with van der Waals surface area (Å²) in [5.74, 6) is 1.81. The summed E-state index contributed by atoms with van der Waals surface area (Å²) in [6.45, 7) is 2.97. The molecule has 0 aliphatic carbocycles. The average Bonchev–Trinajstić information content (AvgIpc) is 3.08. The molecule has 1 aromatic carbocycles. The van der Waals surface area contributed by atoms with E-state index in [1.807, 2.05) is 0 Å². The first-order chi connectivity index (χ1) is 10.0. The van der Waals surface area contributed by atoms with Gasteiger partial charge in [-0.25, -0.2) is 8.42 Å². The van der Waals surface area contributed by atoms with Crippen molar-refractivity contribution in [1.29, 1.82) is 0 Å². The molecule has 0 spiro atoms. The van der Waals surface area contributed by atoms with Crippen LogP contribution < -0.4 is 14.8 Å². The van der Waals surface area contributed by atoms with Crippen LogP contribution in [0.15, 0.2) is 23.1 Å². The van der Waals surface area contributed by atoms with Crippen LogP contribution in [0.3, 0.4) is 0 Å². The molecule has 0 saturated carbocycles. The maximum atomic E-state index is 12.8. The second-order valence-corrected chi connectivity index (χ2v) is 7.49. The molecule has 0 radical (unpaired) electrons. The summed E-state index contributed by atoms with van der Waals surface area (Å²) in [6.07, 6.45) is 0. The van der Waals surface area contributed by atoms with Crippen molar-refractivity contribution in [2.45, 2.75) is 4.90 Å². The van der Waals surface area contributed by atoms with Crippen LogP contribution in [0.4, 0.5) is 0 Å². The lowest BCUT2D eigenvalue weighted by Gasteiger charge is -2.18. The highest BCUT2D eigenvalue weighted by atomic mass is 32.2. The summed E-state index contributed by atoms with van der Waals surface area (Å²) in [6, 6.07) is 4.76. The zero-order valence-corrected chi connectivity index (χ0v) is 13.0. The molecule has 2 saturated heterocycles. The number of rotatable bonds is 4. The minimum absolute atomic E-state index is 0.228. The van der Waals surface area contributed by atoms with Crippen LogP contribution in [0.25, 0.3) is 0 Å². The Balaban J connectivity index is 1.91. The van der Waals surface area contributed by atoms with Crippen LogP contribution in [0.1, 0.15) is 0 Å². The molecule has 1 aromatic rings. The molecular formula is C14H20N2O4S. The summed E-state index contributed by atoms with van der Waals surface area (Å²) in [4.78, 5) is 0.228. The Morgan fingerprint density at radius 3 is 2.05 bits per heavy atom. The van der Waals surface area contributed by atoms with Gasteiger partial charge in [-0.05, 0) is 24.9 Å². The van der Waals surface area contributed by atoms with E-state index in [4.69, 9.17) is 9.47 Å². The van der Waals surface area contributed by atoms with Crippen LogP contribution in [-0.4, -0.2) is 53.1 Å². The van der Waals surface area contributed by atoms with Crippen molar-refractivity contribution in [2.24, 2.45) is 11.8 Å². The van der Waals surface area contributed by atoms with Crippen molar-refractivity contribution < 1.29 is 17.9 Å². The van der Waals surface area contributed by atoms with Gasteiger partial charge in [0.05, 0.1) is 19.1 Å². The van der Waals surface area contributed by atoms with Crippen molar-refractivity contribution >= 4 is 10.0 Å². The van der Waals surface area contributed by atoms with Gasteiger partial charge in [-0.2, -0.15) is 4.31 Å². The zero-order valence-electron chi connectivity index (χ0n) is 12.2. The van der Waals surface area contributed by atoms with Gasteiger partial charge < -0.3 is 14.8 Å². The minimum Gasteiger partial charge on any atom is -0.497 e. The minimum atomic E-state index is -3.50. The molecule has 0 aromatic heterocycles. The number of hydrogen-bond donors (Lipinski definition) is 1. The highest BCUT2D eigenvalue weighted by Gasteiger charge is 2.41. The highest BCUT2D eigenvalue weighted by molar-refractivity contribution is 7.89. The lowest BCUT2D eigenvalue weighted by molar-refractivity contribution is 0.390. The number of nitrogens with zero attached hydrogens (tertiary/aromatic N) is 1. The van der Waals surface area contributed by atoms with E-state index in [0.717, 1.165) is 13.1 Å². The van der Waals surface area contributed by atoms with Gasteiger partial charge in [0.25, 0.3) is 0 Å². The normalized spacial score (nSPS) is 25.8. The maximum absolute atomic E-state index is 12.8. The predicted molar refractivity (Wildman–Crippen MR) is 78.2 cm³/mol. The highest BCUT2D eigenvalue weighted by Crippen LogP contribution is 2.33. The van der Waals surface area contributed by atoms with Gasteiger partial charge in [0.1, 0.15) is 11.5 Å². The molecule has 116 valence electrons. The SMILES string of the molecule is COc1cc(OC)cc(S(=O)(=O)N2C[C@H]3CNC[C@H]3C2)c1. The third kappa shape index (κ3) is 2.61. The predicted octanol–water partition coefficient (Wildman–Crippen LogP) is 0.544. The number of benzene rings is 1. The first-order valence-corrected chi connectivity index (χ1v) is 8.42. The Bertz CT molecular complexity index is 598. The second kappa shape index (κ2) is 5.47. The molecule has 2 aliphatic rings. The number of methoxy groups -OCH3 is 2. The largest absolute Gasteiger partial charge is 0.497 e. The monoisotopic (exact) mass is 312 g/mol. The van der Waals surface area contributed by atoms with E-state index in [9.17, 15) is 8.42 Å². The Morgan fingerprint density at radius 2 is 1.57 bits per heavy atom. The molecule has 0 amide bonds. The van der Waals surface area contributed by atoms with E-state index >= 15 is 0 Å². The van der Waals surface area contributed by atoms with Crippen LogP contribution in [0.2, 0.25) is 0 Å². The summed E-state index contributed by atoms with van der Waals surface area (Å²) in [5, 5.41) is 3.31. The van der Waals surface area contributed by atoms with Crippen molar-refractivity contribution in [1.82, 2.24) is 9.62 Å². The van der Waals surface area contributed by atoms with E-state index in [1.54, 1.807) is 22.5 Å². The van der Waals surface area contributed by atoms with Gasteiger partial charge >= 0.3 is 0 Å². The van der Waals surface area contributed by atoms with Gasteiger partial charge in [0.15, 0.2) is 0 Å². The van der Waals surface area contributed by atoms with Gasteiger partial charge in [-0.15, -0.1) is 0 Å². The topological polar surface area (TPSA) is 67.9 Å². The van der Waals surface area contributed by atoms with E-state index in [1.165, 1.54) is 14.2 Å². The third-order valence-corrected chi connectivity index (χ3v) is 6.13. The third-order valence-electron chi connectivity index (χ3n) is 4.32. The average molecular weight is 312 g/mol. The Kier molecular flexibility index (Phi) is 3.81. The maximum Gasteiger partial charge on any atom is 0.243 e. The molecular weight excluding hydrogens is 292 g/mol. The molecule has 2 aliphatic heterocycles. The van der Waals surface area contributed by atoms with Crippen molar-refractivity contribution in [3.8, 4) is 11.5 Å². The second-order valence-electron chi connectivity index (χ2n) is 5.55. The molecule has 21 heavy (non-hydrogen) atoms. The molecule has 7 heteroatoms. The smallest absolute Gasteiger partial charge is 0.243 e. The Morgan fingerprint density at radius 1 is 1.05 bits per heavy atom. The quantitative estimate of drug-likeness (QED) is 0.879. The van der Waals surface area contributed by atoms with Crippen LogP contribution in [0, 0.1) is 11.8 Å². The standard InChI is InChI=1S/C14H20N2O4S/c1-19-12-3-13(20-2)5-14(4-12)21(17,18)16-8-10-6-15-7-11(10)9-16/h3-5,10-11,15H,6-9H2,1-2H3/t10-,11+. The van der Waals surface area contributed by atoms with E-state index in [2.05, 4.69) is 5.32 Å². The molecule has 2 heterocycles. The van der Waals surface area contributed by atoms with Crippen molar-refractivity contribution in [3.05, 3.63) is 18.2 Å². The summed E-state index contributed by atoms with van der Waals surface area (Å²) in [7, 11) is -0.478. The Labute approximate surface area is 125 Å². The van der Waals surface area contributed by atoms with Crippen LogP contribution in [-0.2, 0) is 10.0 Å². The number of ether oxygens (including phenoxy) is 2. The summed E-state index contributed by atoms with van der Waals surface area (Å²) >= 11 is 0. The summed E-state index contributed by atoms with van der Waals surface area (Å²) < 4.78 is 37.5. The van der Waals surface area contributed by atoms with Gasteiger partial charge in [-0.3, -0.25) is 0 Å². The first kappa shape index (κ1) is 14.6. The number of fused-ring (bicyclic) bond motifs is 1. The van der Waals surface area contributed by atoms with E-state index in [0.29, 0.717) is 36.4 Å². The lowest BCUT2D eigenvalue weighted by Crippen LogP contribution is -2.32. The summed E-state index contributed by atoms with van der Waals surface area (Å²) in [5.41, 5.74) is 0. The van der Waals surface area contributed by atoms with Gasteiger partial charge in [0, 0.05) is 31.3 Å². The number of nitrogens with one attached hydrogen (secondary N) is 1. The fourth-order valence-electron chi connectivity index (χ4n) is 3.09. The van der Waals surface area contributed by atoms with Crippen molar-refractivity contribution in [3.63, 3.8) is 0 Å². The van der Waals surface area contributed by atoms with Gasteiger partial charge in [0.2, 0.25) is 10.0 Å². The molecule has 0 bridgehead atoms. The Hall–Kier alpha value is -1.31. The fraction of sp³-hybridized carbons (Fsp3) is 0.571. The lowest BCUT2D eigenvalue weighted by atomic mass is 10.0. The number of sulfonamides is 1. The molecule has 2 fully saturated rings. The van der Waals surface area contributed by atoms with Crippen LogP contribution in [0.5, 0.6) is 11.5 Å². The molecule has 2 atom stereocenters. The molecule has 1 N–H and O–H groups in total. The van der Waals surface area contributed by atoms with E-state index < -0.39 is 10.0 Å². The fourth-order valence-corrected chi connectivity index (χ4v) is 4.69. The van der Waals surface area contributed by atoms with Gasteiger partial charge in [-0.1, -0.05) is 0 Å². The molecule has 0 unspecified atom stereocenters. The first-order valence-electron chi connectivity index (χ1n) is 6.98. The van der Waals surface area contributed by atoms with Crippen LogP contribution >= 0.6 is 0 Å². The van der Waals surface area contributed by atoms with E-state index in [-0.39, 0.29) is 4.90 Å². The number of hydrogen-bond acceptors (Lipinski definition) is 5.